The zero-order chi connectivity index (χ0) is 6.69. The van der Waals surface area contributed by atoms with Gasteiger partial charge in [-0.25, -0.2) is 3.93 Å². The Balaban J connectivity index is 2.18. The number of piperidine rings is 1. The van der Waals surface area contributed by atoms with E-state index >= 15 is 0 Å². The van der Waals surface area contributed by atoms with Crippen molar-refractivity contribution in [3.05, 3.63) is 0 Å². The highest BCUT2D eigenvalue weighted by atomic mass is 79.9. The summed E-state index contributed by atoms with van der Waals surface area (Å²) in [5, 5.41) is 8.74. The maximum absolute atomic E-state index is 8.74. The molecule has 1 rings (SSSR count). The number of aliphatic hydroxyl groups excluding tert-OH is 1. The van der Waals surface area contributed by atoms with E-state index in [1.54, 1.807) is 0 Å². The molecule has 0 unspecified atom stereocenters. The molecule has 1 N–H and O–H groups in total. The van der Waals surface area contributed by atoms with Crippen LogP contribution in [0.15, 0.2) is 0 Å². The van der Waals surface area contributed by atoms with Crippen molar-refractivity contribution in [2.75, 3.05) is 19.7 Å². The van der Waals surface area contributed by atoms with E-state index in [4.69, 9.17) is 5.11 Å². The molecule has 0 aliphatic carbocycles. The Labute approximate surface area is 64.2 Å². The predicted molar refractivity (Wildman–Crippen MR) is 40.3 cm³/mol. The molecule has 0 saturated carbocycles. The third-order valence-electron chi connectivity index (χ3n) is 1.82. The Bertz CT molecular complexity index is 81.1. The standard InChI is InChI=1S/C6H12BrNO/c7-8-3-1-6(5-9)2-4-8/h6,9H,1-5H2. The molecule has 3 heteroatoms. The summed E-state index contributed by atoms with van der Waals surface area (Å²) in [6, 6.07) is 0. The van der Waals surface area contributed by atoms with Crippen LogP contribution in [0.5, 0.6) is 0 Å². The molecule has 54 valence electrons. The van der Waals surface area contributed by atoms with Crippen molar-refractivity contribution >= 4 is 16.1 Å². The third-order valence-corrected chi connectivity index (χ3v) is 2.53. The summed E-state index contributed by atoms with van der Waals surface area (Å²) < 4.78 is 2.12. The van der Waals surface area contributed by atoms with E-state index < -0.39 is 0 Å². The smallest absolute Gasteiger partial charge is 0.0460 e. The Morgan fingerprint density at radius 1 is 1.44 bits per heavy atom. The van der Waals surface area contributed by atoms with Gasteiger partial charge in [-0.2, -0.15) is 0 Å². The SMILES string of the molecule is OCC1CCN(Br)CC1. The van der Waals surface area contributed by atoms with Crippen LogP contribution in [0.3, 0.4) is 0 Å². The first-order valence-electron chi connectivity index (χ1n) is 3.34. The molecule has 1 aliphatic rings. The number of rotatable bonds is 1. The van der Waals surface area contributed by atoms with Crippen LogP contribution in [0.4, 0.5) is 0 Å². The second kappa shape index (κ2) is 3.54. The fourth-order valence-electron chi connectivity index (χ4n) is 1.08. The Kier molecular flexibility index (Phi) is 2.95. The summed E-state index contributed by atoms with van der Waals surface area (Å²) in [4.78, 5) is 0. The zero-order valence-electron chi connectivity index (χ0n) is 5.39. The predicted octanol–water partition coefficient (Wildman–Crippen LogP) is 1.00. The highest BCUT2D eigenvalue weighted by molar-refractivity contribution is 9.07. The van der Waals surface area contributed by atoms with Crippen LogP contribution in [-0.2, 0) is 0 Å². The van der Waals surface area contributed by atoms with Gasteiger partial charge in [-0.15, -0.1) is 0 Å². The molecular formula is C6H12BrNO. The van der Waals surface area contributed by atoms with Gasteiger partial charge in [0, 0.05) is 35.8 Å². The summed E-state index contributed by atoms with van der Waals surface area (Å²) >= 11 is 3.40. The van der Waals surface area contributed by atoms with E-state index in [-0.39, 0.29) is 0 Å². The molecule has 1 heterocycles. The van der Waals surface area contributed by atoms with Gasteiger partial charge in [-0.1, -0.05) is 0 Å². The first kappa shape index (κ1) is 7.51. The number of halogens is 1. The Morgan fingerprint density at radius 3 is 2.44 bits per heavy atom. The van der Waals surface area contributed by atoms with Crippen LogP contribution in [-0.4, -0.2) is 28.7 Å². The van der Waals surface area contributed by atoms with Gasteiger partial charge in [-0.3, -0.25) is 0 Å². The van der Waals surface area contributed by atoms with Crippen molar-refractivity contribution in [3.8, 4) is 0 Å². The lowest BCUT2D eigenvalue weighted by Gasteiger charge is -2.25. The first-order valence-corrected chi connectivity index (χ1v) is 4.05. The van der Waals surface area contributed by atoms with Crippen LogP contribution in [0, 0.1) is 5.92 Å². The highest BCUT2D eigenvalue weighted by Crippen LogP contribution is 2.17. The monoisotopic (exact) mass is 193 g/mol. The lowest BCUT2D eigenvalue weighted by molar-refractivity contribution is 0.176. The lowest BCUT2D eigenvalue weighted by atomic mass is 10.00. The number of aliphatic hydroxyl groups is 1. The van der Waals surface area contributed by atoms with Crippen molar-refractivity contribution in [2.24, 2.45) is 5.92 Å². The van der Waals surface area contributed by atoms with Crippen molar-refractivity contribution in [1.82, 2.24) is 3.93 Å². The van der Waals surface area contributed by atoms with E-state index in [9.17, 15) is 0 Å². The maximum Gasteiger partial charge on any atom is 0.0460 e. The molecule has 1 saturated heterocycles. The largest absolute Gasteiger partial charge is 0.396 e. The first-order chi connectivity index (χ1) is 4.33. The fraction of sp³-hybridized carbons (Fsp3) is 1.00. The number of hydrogen-bond donors (Lipinski definition) is 1. The van der Waals surface area contributed by atoms with Gasteiger partial charge in [-0.05, 0) is 18.8 Å². The van der Waals surface area contributed by atoms with Crippen LogP contribution in [0.2, 0.25) is 0 Å². The summed E-state index contributed by atoms with van der Waals surface area (Å²) in [7, 11) is 0. The quantitative estimate of drug-likeness (QED) is 0.629. The second-order valence-electron chi connectivity index (χ2n) is 2.54. The highest BCUT2D eigenvalue weighted by Gasteiger charge is 2.15. The summed E-state index contributed by atoms with van der Waals surface area (Å²) in [6.07, 6.45) is 2.25. The molecule has 0 bridgehead atoms. The van der Waals surface area contributed by atoms with Crippen LogP contribution in [0.1, 0.15) is 12.8 Å². The van der Waals surface area contributed by atoms with Crippen molar-refractivity contribution in [2.45, 2.75) is 12.8 Å². The third kappa shape index (κ3) is 2.24. The molecule has 0 aromatic rings. The van der Waals surface area contributed by atoms with Crippen LogP contribution >= 0.6 is 16.1 Å². The van der Waals surface area contributed by atoms with Gasteiger partial charge in [0.2, 0.25) is 0 Å². The molecular weight excluding hydrogens is 182 g/mol. The van der Waals surface area contributed by atoms with Gasteiger partial charge in [0.05, 0.1) is 0 Å². The molecule has 0 amide bonds. The summed E-state index contributed by atoms with van der Waals surface area (Å²) in [6.45, 7) is 2.51. The minimum atomic E-state index is 0.362. The minimum absolute atomic E-state index is 0.362. The molecule has 0 aromatic carbocycles. The average Bonchev–Trinajstić information content (AvgIpc) is 1.90. The molecule has 0 spiro atoms. The molecule has 9 heavy (non-hydrogen) atoms. The van der Waals surface area contributed by atoms with Crippen LogP contribution in [0.25, 0.3) is 0 Å². The van der Waals surface area contributed by atoms with Gasteiger partial charge in [0.1, 0.15) is 0 Å². The molecule has 1 aliphatic heterocycles. The van der Waals surface area contributed by atoms with E-state index in [1.807, 2.05) is 0 Å². The van der Waals surface area contributed by atoms with E-state index in [1.165, 1.54) is 0 Å². The second-order valence-corrected chi connectivity index (χ2v) is 3.54. The van der Waals surface area contributed by atoms with E-state index in [2.05, 4.69) is 20.1 Å². The number of nitrogens with zero attached hydrogens (tertiary/aromatic N) is 1. The van der Waals surface area contributed by atoms with Crippen LogP contribution < -0.4 is 0 Å². The maximum atomic E-state index is 8.74. The van der Waals surface area contributed by atoms with Gasteiger partial charge >= 0.3 is 0 Å². The van der Waals surface area contributed by atoms with Gasteiger partial charge in [0.15, 0.2) is 0 Å². The molecule has 0 radical (unpaired) electrons. The van der Waals surface area contributed by atoms with Crippen molar-refractivity contribution < 1.29 is 5.11 Å². The fourth-order valence-corrected chi connectivity index (χ4v) is 1.49. The summed E-state index contributed by atoms with van der Waals surface area (Å²) in [5.74, 6) is 0.554. The minimum Gasteiger partial charge on any atom is -0.396 e. The molecule has 1 fully saturated rings. The number of hydrogen-bond acceptors (Lipinski definition) is 2. The topological polar surface area (TPSA) is 23.5 Å². The van der Waals surface area contributed by atoms with Crippen molar-refractivity contribution in [1.29, 1.82) is 0 Å². The molecule has 2 nitrogen and oxygen atoms in total. The normalized spacial score (nSPS) is 24.7. The molecule has 0 atom stereocenters. The zero-order valence-corrected chi connectivity index (χ0v) is 6.97. The van der Waals surface area contributed by atoms with Gasteiger partial charge in [0.25, 0.3) is 0 Å². The lowest BCUT2D eigenvalue weighted by Crippen LogP contribution is -2.27. The average molecular weight is 194 g/mol. The Hall–Kier alpha value is 0.400. The Morgan fingerprint density at radius 2 is 2.00 bits per heavy atom. The van der Waals surface area contributed by atoms with E-state index in [0.29, 0.717) is 12.5 Å². The summed E-state index contributed by atoms with van der Waals surface area (Å²) in [5.41, 5.74) is 0. The van der Waals surface area contributed by atoms with E-state index in [0.717, 1.165) is 25.9 Å². The molecule has 0 aromatic heterocycles. The van der Waals surface area contributed by atoms with Crippen molar-refractivity contribution in [3.63, 3.8) is 0 Å². The van der Waals surface area contributed by atoms with Gasteiger partial charge < -0.3 is 5.11 Å².